The van der Waals surface area contributed by atoms with Gasteiger partial charge in [0.25, 0.3) is 29.4 Å². The van der Waals surface area contributed by atoms with Crippen molar-refractivity contribution in [2.45, 2.75) is 25.2 Å². The Morgan fingerprint density at radius 2 is 1.95 bits per heavy atom. The molecule has 1 fully saturated rings. The molecule has 1 saturated heterocycles. The van der Waals surface area contributed by atoms with Gasteiger partial charge in [-0.15, -0.1) is 0 Å². The second kappa shape index (κ2) is 4.44. The molecule has 7 nitrogen and oxygen atoms in total. The van der Waals surface area contributed by atoms with Gasteiger partial charge in [0, 0.05) is 6.42 Å². The first-order valence-corrected chi connectivity index (χ1v) is 6.48. The van der Waals surface area contributed by atoms with Crippen molar-refractivity contribution in [3.63, 3.8) is 0 Å². The highest BCUT2D eigenvalue weighted by Crippen LogP contribution is 2.36. The van der Waals surface area contributed by atoms with Gasteiger partial charge in [0.15, 0.2) is 0 Å². The van der Waals surface area contributed by atoms with Gasteiger partial charge in [-0.1, -0.05) is 12.1 Å². The molecule has 0 aromatic heterocycles. The maximum absolute atomic E-state index is 15.1. The molecule has 0 aliphatic carbocycles. The molecule has 2 heterocycles. The number of carbonyl (C=O) groups is 4. The molecule has 2 N–H and O–H groups in total. The van der Waals surface area contributed by atoms with Crippen LogP contribution in [0.2, 0.25) is 0 Å². The number of amides is 4. The highest BCUT2D eigenvalue weighted by molar-refractivity contribution is 6.24. The van der Waals surface area contributed by atoms with Crippen LogP contribution in [0.15, 0.2) is 18.2 Å². The number of aliphatic hydroxyl groups is 1. The van der Waals surface area contributed by atoms with Gasteiger partial charge < -0.3 is 5.11 Å². The van der Waals surface area contributed by atoms with Crippen LogP contribution in [0.25, 0.3) is 0 Å². The molecule has 2 aliphatic rings. The van der Waals surface area contributed by atoms with Crippen LogP contribution < -0.4 is 5.32 Å². The van der Waals surface area contributed by atoms with E-state index >= 15 is 4.39 Å². The maximum atomic E-state index is 15.1. The Hall–Kier alpha value is -2.61. The first-order chi connectivity index (χ1) is 10.3. The van der Waals surface area contributed by atoms with E-state index in [0.29, 0.717) is 5.56 Å². The number of aliphatic hydroxyl groups excluding tert-OH is 1. The Balaban J connectivity index is 2.09. The van der Waals surface area contributed by atoms with Crippen LogP contribution in [0.3, 0.4) is 0 Å². The van der Waals surface area contributed by atoms with Gasteiger partial charge in [-0.25, -0.2) is 9.29 Å². The molecule has 114 valence electrons. The number of hydrogen-bond acceptors (Lipinski definition) is 5. The maximum Gasteiger partial charge on any atom is 0.286 e. The smallest absolute Gasteiger partial charge is 0.286 e. The van der Waals surface area contributed by atoms with Crippen LogP contribution in [-0.4, -0.2) is 45.5 Å². The molecule has 2 atom stereocenters. The molecule has 4 amide bonds. The number of aryl methyl sites for hydroxylation is 1. The molecule has 3 rings (SSSR count). The van der Waals surface area contributed by atoms with Crippen LogP contribution in [0, 0.1) is 6.92 Å². The predicted molar refractivity (Wildman–Crippen MR) is 69.3 cm³/mol. The summed E-state index contributed by atoms with van der Waals surface area (Å²) in [6, 6.07) is 4.47. The molecule has 1 aromatic carbocycles. The molecule has 2 aliphatic heterocycles. The molecule has 0 radical (unpaired) electrons. The van der Waals surface area contributed by atoms with Gasteiger partial charge in [-0.05, 0) is 18.6 Å². The third-order valence-electron chi connectivity index (χ3n) is 3.83. The van der Waals surface area contributed by atoms with E-state index < -0.39 is 41.9 Å². The van der Waals surface area contributed by atoms with E-state index in [-0.39, 0.29) is 16.0 Å². The Bertz CT molecular complexity index is 747. The number of piperidine rings is 1. The van der Waals surface area contributed by atoms with Crippen molar-refractivity contribution in [3.05, 3.63) is 34.9 Å². The van der Waals surface area contributed by atoms with Crippen molar-refractivity contribution < 1.29 is 28.7 Å². The molecule has 0 bridgehead atoms. The first kappa shape index (κ1) is 14.3. The van der Waals surface area contributed by atoms with Crippen molar-refractivity contribution >= 4 is 23.6 Å². The number of fused-ring (bicyclic) bond motifs is 1. The van der Waals surface area contributed by atoms with Crippen LogP contribution in [0.4, 0.5) is 4.39 Å². The van der Waals surface area contributed by atoms with Gasteiger partial charge in [-0.2, -0.15) is 0 Å². The fourth-order valence-electron chi connectivity index (χ4n) is 2.70. The predicted octanol–water partition coefficient (Wildman–Crippen LogP) is -0.336. The molecule has 22 heavy (non-hydrogen) atoms. The highest BCUT2D eigenvalue weighted by atomic mass is 19.1. The van der Waals surface area contributed by atoms with Crippen molar-refractivity contribution in [2.24, 2.45) is 0 Å². The zero-order valence-corrected chi connectivity index (χ0v) is 11.4. The van der Waals surface area contributed by atoms with Crippen molar-refractivity contribution in [3.8, 4) is 0 Å². The largest absolute Gasteiger partial charge is 0.383 e. The van der Waals surface area contributed by atoms with E-state index in [0.717, 1.165) is 0 Å². The summed E-state index contributed by atoms with van der Waals surface area (Å²) < 4.78 is 15.1. The lowest BCUT2D eigenvalue weighted by molar-refractivity contribution is -0.160. The number of halogens is 1. The summed E-state index contributed by atoms with van der Waals surface area (Å²) in [5.74, 6) is -7.53. The fraction of sp³-hybridized carbons (Fsp3) is 0.286. The lowest BCUT2D eigenvalue weighted by atomic mass is 9.99. The zero-order valence-electron chi connectivity index (χ0n) is 11.4. The number of alkyl halides is 1. The molecule has 0 spiro atoms. The summed E-state index contributed by atoms with van der Waals surface area (Å²) in [7, 11) is 0. The number of imide groups is 2. The topological polar surface area (TPSA) is 104 Å². The summed E-state index contributed by atoms with van der Waals surface area (Å²) in [4.78, 5) is 47.9. The van der Waals surface area contributed by atoms with E-state index in [1.165, 1.54) is 12.1 Å². The summed E-state index contributed by atoms with van der Waals surface area (Å²) >= 11 is 0. The van der Waals surface area contributed by atoms with Gasteiger partial charge in [-0.3, -0.25) is 24.5 Å². The van der Waals surface area contributed by atoms with E-state index in [9.17, 15) is 24.3 Å². The van der Waals surface area contributed by atoms with E-state index in [4.69, 9.17) is 0 Å². The Morgan fingerprint density at radius 1 is 1.27 bits per heavy atom. The average molecular weight is 306 g/mol. The Labute approximate surface area is 123 Å². The molecule has 2 unspecified atom stereocenters. The van der Waals surface area contributed by atoms with Gasteiger partial charge in [0.05, 0.1) is 11.1 Å². The van der Waals surface area contributed by atoms with Crippen LogP contribution in [0.1, 0.15) is 32.7 Å². The molecular formula is C14H11FN2O5. The molecule has 0 saturated carbocycles. The summed E-state index contributed by atoms with van der Waals surface area (Å²) in [5.41, 5.74) is 0.472. The first-order valence-electron chi connectivity index (χ1n) is 6.48. The van der Waals surface area contributed by atoms with Crippen molar-refractivity contribution in [2.75, 3.05) is 0 Å². The monoisotopic (exact) mass is 306 g/mol. The number of nitrogens with zero attached hydrogens (tertiary/aromatic N) is 1. The highest BCUT2D eigenvalue weighted by Gasteiger charge is 2.58. The lowest BCUT2D eigenvalue weighted by Crippen LogP contribution is -2.65. The quantitative estimate of drug-likeness (QED) is 0.546. The average Bonchev–Trinajstić information content (AvgIpc) is 2.70. The Morgan fingerprint density at radius 3 is 2.59 bits per heavy atom. The van der Waals surface area contributed by atoms with E-state index in [1.54, 1.807) is 18.3 Å². The standard InChI is InChI=1S/C14H11FN2O5/c1-6-3-2-4-7-9(6)12(21)17(11(7)20)14(15)5-8(18)10(19)16-13(14)22/h2-4,8,18H,5H2,1H3,(H,16,19,22). The van der Waals surface area contributed by atoms with E-state index in [2.05, 4.69) is 0 Å². The summed E-state index contributed by atoms with van der Waals surface area (Å²) in [5, 5.41) is 11.1. The molecule has 1 aromatic rings. The summed E-state index contributed by atoms with van der Waals surface area (Å²) in [6.45, 7) is 1.58. The zero-order chi connectivity index (χ0) is 16.2. The van der Waals surface area contributed by atoms with Crippen LogP contribution in [0.5, 0.6) is 0 Å². The van der Waals surface area contributed by atoms with Crippen LogP contribution >= 0.6 is 0 Å². The second-order valence-electron chi connectivity index (χ2n) is 5.24. The fourth-order valence-corrected chi connectivity index (χ4v) is 2.70. The van der Waals surface area contributed by atoms with E-state index in [1.807, 2.05) is 0 Å². The van der Waals surface area contributed by atoms with Crippen molar-refractivity contribution in [1.29, 1.82) is 0 Å². The number of benzene rings is 1. The van der Waals surface area contributed by atoms with Gasteiger partial charge in [0.1, 0.15) is 6.10 Å². The van der Waals surface area contributed by atoms with Crippen molar-refractivity contribution in [1.82, 2.24) is 10.2 Å². The normalized spacial score (nSPS) is 28.0. The SMILES string of the molecule is Cc1cccc2c1C(=O)N(C1(F)CC(O)C(=O)NC1=O)C2=O. The minimum absolute atomic E-state index is 0.0128. The number of nitrogens with one attached hydrogen (secondary N) is 1. The molecule has 8 heteroatoms. The minimum Gasteiger partial charge on any atom is -0.383 e. The third-order valence-corrected chi connectivity index (χ3v) is 3.83. The number of hydrogen-bond donors (Lipinski definition) is 2. The third kappa shape index (κ3) is 1.70. The van der Waals surface area contributed by atoms with Crippen LogP contribution in [-0.2, 0) is 9.59 Å². The number of rotatable bonds is 1. The second-order valence-corrected chi connectivity index (χ2v) is 5.24. The molecular weight excluding hydrogens is 295 g/mol. The van der Waals surface area contributed by atoms with Gasteiger partial charge in [0.2, 0.25) is 0 Å². The lowest BCUT2D eigenvalue weighted by Gasteiger charge is -2.35. The minimum atomic E-state index is -3.10. The number of carbonyl (C=O) groups excluding carboxylic acids is 4. The Kier molecular flexibility index (Phi) is 2.89. The summed E-state index contributed by atoms with van der Waals surface area (Å²) in [6.07, 6.45) is -2.81. The van der Waals surface area contributed by atoms with Gasteiger partial charge >= 0.3 is 0 Å².